The lowest BCUT2D eigenvalue weighted by atomic mass is 9.67. The highest BCUT2D eigenvalue weighted by Gasteiger charge is 2.58. The van der Waals surface area contributed by atoms with Crippen LogP contribution in [-0.2, 0) is 4.79 Å². The first-order valence-electron chi connectivity index (χ1n) is 13.9. The third-order valence-corrected chi connectivity index (χ3v) is 8.79. The number of halogens is 4. The molecule has 40 heavy (non-hydrogen) atoms. The second-order valence-electron chi connectivity index (χ2n) is 11.4. The number of alkyl halides is 4. The third-order valence-electron chi connectivity index (χ3n) is 8.79. The lowest BCUT2D eigenvalue weighted by Gasteiger charge is -2.47. The van der Waals surface area contributed by atoms with E-state index in [2.05, 4.69) is 0 Å². The second kappa shape index (κ2) is 11.4. The van der Waals surface area contributed by atoms with Crippen LogP contribution in [0.4, 0.5) is 17.6 Å². The third kappa shape index (κ3) is 5.82. The average Bonchev–Trinajstić information content (AvgIpc) is 3.31. The number of carbonyl (C=O) groups excluding carboxylic acids is 2. The lowest BCUT2D eigenvalue weighted by molar-refractivity contribution is -0.256. The van der Waals surface area contributed by atoms with E-state index < -0.39 is 35.6 Å². The minimum Gasteiger partial charge on any atom is -0.493 e. The van der Waals surface area contributed by atoms with Crippen molar-refractivity contribution >= 4 is 11.8 Å². The van der Waals surface area contributed by atoms with Crippen LogP contribution in [0.1, 0.15) is 48.9 Å². The number of carbonyl (C=O) groups is 2. The van der Waals surface area contributed by atoms with E-state index in [1.807, 2.05) is 29.2 Å². The number of ether oxygens (including phenoxy) is 1. The number of nitrogens with zero attached hydrogens (tertiary/aromatic N) is 2. The van der Waals surface area contributed by atoms with E-state index in [1.54, 1.807) is 24.3 Å². The van der Waals surface area contributed by atoms with Gasteiger partial charge in [-0.3, -0.25) is 9.59 Å². The molecule has 216 valence electrons. The number of amides is 2. The summed E-state index contributed by atoms with van der Waals surface area (Å²) in [6.45, 7) is 1.71. The molecule has 5 rings (SSSR count). The number of hydrogen-bond donors (Lipinski definition) is 1. The van der Waals surface area contributed by atoms with Gasteiger partial charge in [0.05, 0.1) is 18.6 Å². The molecule has 0 unspecified atom stereocenters. The summed E-state index contributed by atoms with van der Waals surface area (Å²) in [6.07, 6.45) is -2.81. The Morgan fingerprint density at radius 1 is 1.02 bits per heavy atom. The van der Waals surface area contributed by atoms with Crippen LogP contribution in [0, 0.1) is 11.3 Å². The highest BCUT2D eigenvalue weighted by atomic mass is 19.4. The van der Waals surface area contributed by atoms with Crippen LogP contribution < -0.4 is 10.5 Å². The highest BCUT2D eigenvalue weighted by molar-refractivity contribution is 6.03. The van der Waals surface area contributed by atoms with Crippen molar-refractivity contribution in [3.8, 4) is 16.9 Å². The molecule has 6 nitrogen and oxygen atoms in total. The zero-order valence-corrected chi connectivity index (χ0v) is 22.3. The fraction of sp³-hybridized carbons (Fsp3) is 0.533. The fourth-order valence-corrected chi connectivity index (χ4v) is 6.17. The summed E-state index contributed by atoms with van der Waals surface area (Å²) < 4.78 is 60.6. The van der Waals surface area contributed by atoms with E-state index in [0.29, 0.717) is 43.0 Å². The Balaban J connectivity index is 1.16. The summed E-state index contributed by atoms with van der Waals surface area (Å²) in [6, 6.07) is 13.3. The van der Waals surface area contributed by atoms with Crippen molar-refractivity contribution in [2.75, 3.05) is 32.8 Å². The number of hydrogen-bond acceptors (Lipinski definition) is 4. The van der Waals surface area contributed by atoms with Crippen LogP contribution in [0.5, 0.6) is 5.75 Å². The first-order valence-corrected chi connectivity index (χ1v) is 13.9. The van der Waals surface area contributed by atoms with Crippen molar-refractivity contribution < 1.29 is 31.9 Å². The number of benzene rings is 2. The van der Waals surface area contributed by atoms with Crippen LogP contribution in [0.2, 0.25) is 0 Å². The highest BCUT2D eigenvalue weighted by Crippen LogP contribution is 2.53. The number of piperidine rings is 1. The Bertz CT molecular complexity index is 1210. The van der Waals surface area contributed by atoms with Gasteiger partial charge in [0, 0.05) is 18.5 Å². The van der Waals surface area contributed by atoms with Crippen molar-refractivity contribution in [2.45, 2.75) is 56.9 Å². The molecule has 0 aromatic heterocycles. The predicted octanol–water partition coefficient (Wildman–Crippen LogP) is 5.21. The summed E-state index contributed by atoms with van der Waals surface area (Å²) in [7, 11) is 0. The number of rotatable bonds is 8. The Morgan fingerprint density at radius 3 is 2.30 bits per heavy atom. The van der Waals surface area contributed by atoms with Crippen LogP contribution in [0.15, 0.2) is 48.5 Å². The molecule has 2 amide bonds. The van der Waals surface area contributed by atoms with Gasteiger partial charge in [-0.1, -0.05) is 36.8 Å². The summed E-state index contributed by atoms with van der Waals surface area (Å²) in [5.41, 5.74) is 5.67. The molecular weight excluding hydrogens is 526 g/mol. The SMILES string of the molecule is NC(=O)[C@@H]1C[C@H](F)CN1C(=O)c1ccccc1-c1ccc(OCC2CCN(CC3(C(F)(F)F)CCC3)CC2)cc1. The predicted molar refractivity (Wildman–Crippen MR) is 142 cm³/mol. The zero-order valence-electron chi connectivity index (χ0n) is 22.3. The average molecular weight is 562 g/mol. The molecule has 2 aromatic rings. The van der Waals surface area contributed by atoms with Crippen LogP contribution in [0.3, 0.4) is 0 Å². The van der Waals surface area contributed by atoms with Crippen molar-refractivity contribution in [2.24, 2.45) is 17.1 Å². The molecule has 2 heterocycles. The Labute approximate surface area is 231 Å². The standard InChI is InChI=1S/C30H35F4N3O3/c31-22-16-26(27(35)38)37(17-22)28(39)25-5-2-1-4-24(25)21-6-8-23(9-7-21)40-18-20-10-14-36(15-11-20)19-29(12-3-13-29)30(32,33)34/h1-2,4-9,20,22,26H,3,10-19H2,(H2,35,38)/t22-,26-/m0/s1. The lowest BCUT2D eigenvalue weighted by Crippen LogP contribution is -2.53. The smallest absolute Gasteiger partial charge is 0.395 e. The molecule has 2 saturated heterocycles. The Morgan fingerprint density at radius 2 is 1.70 bits per heavy atom. The summed E-state index contributed by atoms with van der Waals surface area (Å²) in [4.78, 5) is 28.2. The van der Waals surface area contributed by atoms with Crippen molar-refractivity contribution in [3.63, 3.8) is 0 Å². The van der Waals surface area contributed by atoms with E-state index in [0.717, 1.165) is 18.4 Å². The minimum absolute atomic E-state index is 0.0946. The van der Waals surface area contributed by atoms with E-state index in [1.165, 1.54) is 4.90 Å². The van der Waals surface area contributed by atoms with Crippen LogP contribution >= 0.6 is 0 Å². The number of primary amides is 1. The molecule has 10 heteroatoms. The van der Waals surface area contributed by atoms with Crippen LogP contribution in [-0.4, -0.2) is 72.8 Å². The van der Waals surface area contributed by atoms with E-state index in [-0.39, 0.29) is 38.3 Å². The summed E-state index contributed by atoms with van der Waals surface area (Å²) in [5, 5.41) is 0. The molecule has 0 bridgehead atoms. The summed E-state index contributed by atoms with van der Waals surface area (Å²) in [5.74, 6) is -0.226. The normalized spacial score (nSPS) is 23.6. The fourth-order valence-electron chi connectivity index (χ4n) is 6.17. The molecule has 2 atom stereocenters. The molecule has 2 aliphatic heterocycles. The molecule has 0 spiro atoms. The molecule has 2 aromatic carbocycles. The van der Waals surface area contributed by atoms with Gasteiger partial charge in [0.25, 0.3) is 5.91 Å². The molecule has 0 radical (unpaired) electrons. The van der Waals surface area contributed by atoms with Crippen molar-refractivity contribution in [1.29, 1.82) is 0 Å². The van der Waals surface area contributed by atoms with Crippen LogP contribution in [0.25, 0.3) is 11.1 Å². The Kier molecular flexibility index (Phi) is 8.08. The van der Waals surface area contributed by atoms with E-state index in [4.69, 9.17) is 10.5 Å². The molecule has 3 aliphatic rings. The van der Waals surface area contributed by atoms with Gasteiger partial charge in [0.15, 0.2) is 0 Å². The van der Waals surface area contributed by atoms with Crippen molar-refractivity contribution in [3.05, 3.63) is 54.1 Å². The second-order valence-corrected chi connectivity index (χ2v) is 11.4. The van der Waals surface area contributed by atoms with Gasteiger partial charge >= 0.3 is 6.18 Å². The quantitative estimate of drug-likeness (QED) is 0.449. The maximum absolute atomic E-state index is 14.0. The van der Waals surface area contributed by atoms with Gasteiger partial charge in [-0.2, -0.15) is 13.2 Å². The van der Waals surface area contributed by atoms with Gasteiger partial charge in [-0.25, -0.2) is 4.39 Å². The molecule has 3 fully saturated rings. The number of nitrogens with two attached hydrogens (primary N) is 1. The van der Waals surface area contributed by atoms with E-state index in [9.17, 15) is 27.2 Å². The van der Waals surface area contributed by atoms with Gasteiger partial charge in [0.1, 0.15) is 18.0 Å². The van der Waals surface area contributed by atoms with E-state index >= 15 is 0 Å². The largest absolute Gasteiger partial charge is 0.493 e. The monoisotopic (exact) mass is 561 g/mol. The van der Waals surface area contributed by atoms with Gasteiger partial charge in [0.2, 0.25) is 5.91 Å². The van der Waals surface area contributed by atoms with Gasteiger partial charge in [-0.05, 0) is 74.0 Å². The first kappa shape index (κ1) is 28.4. The molecule has 1 aliphatic carbocycles. The maximum atomic E-state index is 14.0. The molecule has 1 saturated carbocycles. The van der Waals surface area contributed by atoms with Gasteiger partial charge < -0.3 is 20.3 Å². The maximum Gasteiger partial charge on any atom is 0.395 e. The summed E-state index contributed by atoms with van der Waals surface area (Å²) >= 11 is 0. The number of likely N-dealkylation sites (tertiary alicyclic amines) is 2. The Hall–Kier alpha value is -3.14. The van der Waals surface area contributed by atoms with Crippen molar-refractivity contribution in [1.82, 2.24) is 9.80 Å². The van der Waals surface area contributed by atoms with Gasteiger partial charge in [-0.15, -0.1) is 0 Å². The topological polar surface area (TPSA) is 75.9 Å². The molecular formula is C30H35F4N3O3. The molecule has 2 N–H and O–H groups in total. The minimum atomic E-state index is -4.14. The first-order chi connectivity index (χ1) is 19.1. The zero-order chi connectivity index (χ0) is 28.5.